The minimum absolute atomic E-state index is 0.101. The molecule has 0 aliphatic carbocycles. The second kappa shape index (κ2) is 10.6. The number of nitrogens with zero attached hydrogens (tertiary/aromatic N) is 6. The zero-order valence-corrected chi connectivity index (χ0v) is 21.4. The van der Waals surface area contributed by atoms with Crippen molar-refractivity contribution in [3.63, 3.8) is 0 Å². The summed E-state index contributed by atoms with van der Waals surface area (Å²) >= 11 is 0. The highest BCUT2D eigenvalue weighted by Gasteiger charge is 2.32. The number of halogens is 1. The Bertz CT molecular complexity index is 1770. The number of amides is 2. The molecule has 10 nitrogen and oxygen atoms in total. The Kier molecular flexibility index (Phi) is 6.71. The van der Waals surface area contributed by atoms with Crippen LogP contribution in [0.25, 0.3) is 33.7 Å². The SMILES string of the molecule is NC(=O)/C=C/c1cccc2ccnc(N(C(=O)c3ccc(-n4nnc5cccnc54)cc3F)[C@@H]3CCCNC3)c12. The van der Waals surface area contributed by atoms with Crippen LogP contribution in [0.15, 0.2) is 73.1 Å². The summed E-state index contributed by atoms with van der Waals surface area (Å²) in [6.45, 7) is 1.36. The zero-order chi connectivity index (χ0) is 27.6. The van der Waals surface area contributed by atoms with Crippen molar-refractivity contribution < 1.29 is 14.0 Å². The van der Waals surface area contributed by atoms with Crippen molar-refractivity contribution in [1.29, 1.82) is 0 Å². The number of nitrogens with one attached hydrogen (secondary N) is 1. The van der Waals surface area contributed by atoms with E-state index in [1.54, 1.807) is 41.6 Å². The van der Waals surface area contributed by atoms with Gasteiger partial charge in [0.15, 0.2) is 5.65 Å². The van der Waals surface area contributed by atoms with Crippen LogP contribution in [0.3, 0.4) is 0 Å². The average molecular weight is 537 g/mol. The molecule has 1 saturated heterocycles. The Labute approximate surface area is 228 Å². The maximum atomic E-state index is 15.7. The van der Waals surface area contributed by atoms with Crippen LogP contribution in [-0.2, 0) is 4.79 Å². The minimum Gasteiger partial charge on any atom is -0.366 e. The number of primary amides is 1. The van der Waals surface area contributed by atoms with Gasteiger partial charge in [-0.25, -0.2) is 14.4 Å². The van der Waals surface area contributed by atoms with E-state index in [1.807, 2.05) is 24.3 Å². The molecule has 11 heteroatoms. The molecule has 200 valence electrons. The summed E-state index contributed by atoms with van der Waals surface area (Å²) in [4.78, 5) is 36.1. The molecular formula is C29H25FN8O2. The van der Waals surface area contributed by atoms with Gasteiger partial charge in [0.25, 0.3) is 5.91 Å². The molecule has 6 rings (SSSR count). The Morgan fingerprint density at radius 3 is 2.80 bits per heavy atom. The van der Waals surface area contributed by atoms with Gasteiger partial charge in [0.2, 0.25) is 5.91 Å². The van der Waals surface area contributed by atoms with Crippen LogP contribution in [-0.4, -0.2) is 55.9 Å². The first-order valence-electron chi connectivity index (χ1n) is 12.9. The van der Waals surface area contributed by atoms with Gasteiger partial charge in [-0.05, 0) is 66.7 Å². The van der Waals surface area contributed by atoms with Gasteiger partial charge < -0.3 is 11.1 Å². The van der Waals surface area contributed by atoms with Gasteiger partial charge in [-0.15, -0.1) is 5.10 Å². The van der Waals surface area contributed by atoms with E-state index in [0.717, 1.165) is 18.4 Å². The first-order chi connectivity index (χ1) is 19.5. The number of carbonyl (C=O) groups excluding carboxylic acids is 2. The summed E-state index contributed by atoms with van der Waals surface area (Å²) in [5.74, 6) is -1.43. The summed E-state index contributed by atoms with van der Waals surface area (Å²) in [6.07, 6.45) is 7.66. The topological polar surface area (TPSA) is 132 Å². The summed E-state index contributed by atoms with van der Waals surface area (Å²) in [7, 11) is 0. The number of aromatic nitrogens is 5. The van der Waals surface area contributed by atoms with Gasteiger partial charge in [-0.2, -0.15) is 4.68 Å². The molecular weight excluding hydrogens is 511 g/mol. The number of rotatable bonds is 6. The standard InChI is InChI=1S/C29H25FN8O2/c30-23-16-20(38-27-24(35-36-38)7-3-14-33-27)9-10-22(23)29(40)37(21-6-2-13-32-17-21)28-26-18(8-11-25(31)39)4-1-5-19(26)12-15-34-28/h1,3-5,7-12,14-16,21,32H,2,6,13,17H2,(H2,31,39)/b11-8+/t21-/m1/s1. The lowest BCUT2D eigenvalue weighted by Crippen LogP contribution is -2.49. The summed E-state index contributed by atoms with van der Waals surface area (Å²) in [5, 5.41) is 13.0. The van der Waals surface area contributed by atoms with Crippen molar-refractivity contribution >= 4 is 45.6 Å². The number of nitrogens with two attached hydrogens (primary N) is 1. The van der Waals surface area contributed by atoms with Gasteiger partial charge in [0.05, 0.1) is 17.3 Å². The fraction of sp³-hybridized carbons (Fsp3) is 0.172. The highest BCUT2D eigenvalue weighted by atomic mass is 19.1. The van der Waals surface area contributed by atoms with E-state index in [4.69, 9.17) is 5.73 Å². The molecule has 1 aliphatic rings. The monoisotopic (exact) mass is 536 g/mol. The van der Waals surface area contributed by atoms with E-state index in [-0.39, 0.29) is 11.6 Å². The Morgan fingerprint density at radius 1 is 1.10 bits per heavy atom. The lowest BCUT2D eigenvalue weighted by atomic mass is 10.0. The Morgan fingerprint density at radius 2 is 2.00 bits per heavy atom. The molecule has 0 spiro atoms. The first-order valence-corrected chi connectivity index (χ1v) is 12.9. The first kappa shape index (κ1) is 25.3. The minimum atomic E-state index is -0.704. The number of piperidine rings is 1. The number of fused-ring (bicyclic) bond motifs is 2. The molecule has 2 aromatic carbocycles. The van der Waals surface area contributed by atoms with Crippen LogP contribution in [0, 0.1) is 5.82 Å². The second-order valence-corrected chi connectivity index (χ2v) is 9.50. The van der Waals surface area contributed by atoms with Crippen LogP contribution in [0.2, 0.25) is 0 Å². The normalized spacial score (nSPS) is 15.6. The highest BCUT2D eigenvalue weighted by Crippen LogP contribution is 2.33. The van der Waals surface area contributed by atoms with Gasteiger partial charge >= 0.3 is 0 Å². The predicted octanol–water partition coefficient (Wildman–Crippen LogP) is 3.40. The Balaban J connectivity index is 1.46. The molecule has 4 heterocycles. The maximum absolute atomic E-state index is 15.7. The number of pyridine rings is 2. The van der Waals surface area contributed by atoms with Crippen LogP contribution in [0.5, 0.6) is 0 Å². The van der Waals surface area contributed by atoms with E-state index in [1.165, 1.54) is 22.9 Å². The summed E-state index contributed by atoms with van der Waals surface area (Å²) in [5.41, 5.74) is 7.36. The molecule has 1 atom stereocenters. The molecule has 0 radical (unpaired) electrons. The summed E-state index contributed by atoms with van der Waals surface area (Å²) < 4.78 is 17.1. The van der Waals surface area contributed by atoms with Crippen LogP contribution >= 0.6 is 0 Å². The molecule has 0 unspecified atom stereocenters. The molecule has 5 aromatic rings. The molecule has 1 fully saturated rings. The molecule has 2 amide bonds. The van der Waals surface area contributed by atoms with Crippen molar-refractivity contribution in [2.45, 2.75) is 18.9 Å². The lowest BCUT2D eigenvalue weighted by molar-refractivity contribution is -0.113. The third kappa shape index (κ3) is 4.67. The van der Waals surface area contributed by atoms with Crippen molar-refractivity contribution in [3.05, 3.63) is 90.0 Å². The van der Waals surface area contributed by atoms with E-state index in [2.05, 4.69) is 25.6 Å². The van der Waals surface area contributed by atoms with Crippen LogP contribution in [0.4, 0.5) is 10.2 Å². The third-order valence-corrected chi connectivity index (χ3v) is 6.95. The predicted molar refractivity (Wildman–Crippen MR) is 149 cm³/mol. The second-order valence-electron chi connectivity index (χ2n) is 9.50. The lowest BCUT2D eigenvalue weighted by Gasteiger charge is -2.35. The van der Waals surface area contributed by atoms with Gasteiger partial charge in [0.1, 0.15) is 17.2 Å². The fourth-order valence-corrected chi connectivity index (χ4v) is 5.10. The van der Waals surface area contributed by atoms with Crippen LogP contribution in [0.1, 0.15) is 28.8 Å². The van der Waals surface area contributed by atoms with E-state index < -0.39 is 17.6 Å². The van der Waals surface area contributed by atoms with Crippen molar-refractivity contribution in [2.24, 2.45) is 5.73 Å². The van der Waals surface area contributed by atoms with Crippen molar-refractivity contribution in [1.82, 2.24) is 30.3 Å². The number of hydrogen-bond acceptors (Lipinski definition) is 7. The number of carbonyl (C=O) groups is 2. The van der Waals surface area contributed by atoms with Crippen molar-refractivity contribution in [3.8, 4) is 5.69 Å². The van der Waals surface area contributed by atoms with Gasteiger partial charge in [-0.3, -0.25) is 14.5 Å². The molecule has 40 heavy (non-hydrogen) atoms. The third-order valence-electron chi connectivity index (χ3n) is 6.95. The molecule has 3 aromatic heterocycles. The quantitative estimate of drug-likeness (QED) is 0.318. The van der Waals surface area contributed by atoms with Gasteiger partial charge in [-0.1, -0.05) is 23.4 Å². The number of benzene rings is 2. The smallest absolute Gasteiger partial charge is 0.262 e. The average Bonchev–Trinajstić information content (AvgIpc) is 3.41. The summed E-state index contributed by atoms with van der Waals surface area (Å²) in [6, 6.07) is 15.0. The molecule has 0 bridgehead atoms. The van der Waals surface area contributed by atoms with E-state index >= 15 is 4.39 Å². The van der Waals surface area contributed by atoms with Gasteiger partial charge in [0, 0.05) is 36.5 Å². The maximum Gasteiger partial charge on any atom is 0.262 e. The molecule has 1 aliphatic heterocycles. The number of hydrogen-bond donors (Lipinski definition) is 2. The number of anilines is 1. The largest absolute Gasteiger partial charge is 0.366 e. The van der Waals surface area contributed by atoms with Crippen LogP contribution < -0.4 is 16.0 Å². The van der Waals surface area contributed by atoms with Crippen molar-refractivity contribution in [2.75, 3.05) is 18.0 Å². The fourth-order valence-electron chi connectivity index (χ4n) is 5.10. The van der Waals surface area contributed by atoms with E-state index in [0.29, 0.717) is 46.6 Å². The zero-order valence-electron chi connectivity index (χ0n) is 21.4. The molecule has 3 N–H and O–H groups in total. The van der Waals surface area contributed by atoms with E-state index in [9.17, 15) is 9.59 Å². The highest BCUT2D eigenvalue weighted by molar-refractivity contribution is 6.12. The Hall–Kier alpha value is -5.03. The molecule has 0 saturated carbocycles.